The van der Waals surface area contributed by atoms with E-state index in [1.165, 1.54) is 0 Å². The highest BCUT2D eigenvalue weighted by Gasteiger charge is 2.35. The first-order valence-corrected chi connectivity index (χ1v) is 9.62. The minimum absolute atomic E-state index is 0.101. The summed E-state index contributed by atoms with van der Waals surface area (Å²) >= 11 is 0. The molecule has 8 heteroatoms. The van der Waals surface area contributed by atoms with Crippen LogP contribution in [0.25, 0.3) is 0 Å². The number of fused-ring (bicyclic) bond motifs is 1. The van der Waals surface area contributed by atoms with Gasteiger partial charge in [-0.1, -0.05) is 12.1 Å². The van der Waals surface area contributed by atoms with Crippen molar-refractivity contribution in [3.63, 3.8) is 0 Å². The number of carbonyl (C=O) groups excluding carboxylic acids is 2. The Morgan fingerprint density at radius 1 is 1.10 bits per heavy atom. The molecular formula is C21H20N6O2. The van der Waals surface area contributed by atoms with Gasteiger partial charge in [-0.15, -0.1) is 0 Å². The maximum Gasteiger partial charge on any atom is 0.321 e. The molecule has 8 nitrogen and oxygen atoms in total. The van der Waals surface area contributed by atoms with Crippen LogP contribution in [0.4, 0.5) is 10.5 Å². The molecule has 5 rings (SSSR count). The number of carbonyl (C=O) groups is 2. The fourth-order valence-corrected chi connectivity index (χ4v) is 4.02. The summed E-state index contributed by atoms with van der Waals surface area (Å²) in [6.45, 7) is 1.75. The number of aromatic nitrogens is 3. The van der Waals surface area contributed by atoms with Crippen LogP contribution in [0.1, 0.15) is 33.5 Å². The van der Waals surface area contributed by atoms with Crippen LogP contribution in [-0.4, -0.2) is 51.4 Å². The van der Waals surface area contributed by atoms with Crippen LogP contribution in [0, 0.1) is 0 Å². The van der Waals surface area contributed by atoms with Crippen molar-refractivity contribution in [2.45, 2.75) is 12.5 Å². The van der Waals surface area contributed by atoms with Crippen LogP contribution < -0.4 is 10.2 Å². The molecule has 2 aromatic heterocycles. The Kier molecular flexibility index (Phi) is 4.23. The Morgan fingerprint density at radius 3 is 2.83 bits per heavy atom. The van der Waals surface area contributed by atoms with Gasteiger partial charge in [0.15, 0.2) is 0 Å². The van der Waals surface area contributed by atoms with Gasteiger partial charge in [0.25, 0.3) is 5.91 Å². The normalized spacial score (nSPS) is 18.5. The molecule has 2 aliphatic heterocycles. The van der Waals surface area contributed by atoms with Crippen LogP contribution in [0.2, 0.25) is 0 Å². The summed E-state index contributed by atoms with van der Waals surface area (Å²) in [6, 6.07) is 12.4. The molecule has 0 radical (unpaired) electrons. The van der Waals surface area contributed by atoms with E-state index in [9.17, 15) is 9.59 Å². The van der Waals surface area contributed by atoms with Crippen LogP contribution in [-0.2, 0) is 6.42 Å². The van der Waals surface area contributed by atoms with Crippen molar-refractivity contribution in [3.8, 4) is 0 Å². The number of anilines is 1. The molecule has 2 aliphatic rings. The van der Waals surface area contributed by atoms with Crippen molar-refractivity contribution in [2.75, 3.05) is 24.5 Å². The third kappa shape index (κ3) is 3.02. The van der Waals surface area contributed by atoms with Gasteiger partial charge in [-0.25, -0.2) is 9.78 Å². The highest BCUT2D eigenvalue weighted by molar-refractivity contribution is 5.98. The fraction of sp³-hybridized carbons (Fsp3) is 0.238. The monoisotopic (exact) mass is 388 g/mol. The number of imidazole rings is 1. The van der Waals surface area contributed by atoms with Gasteiger partial charge in [-0.3, -0.25) is 14.7 Å². The summed E-state index contributed by atoms with van der Waals surface area (Å²) in [7, 11) is 0. The molecule has 0 saturated carbocycles. The highest BCUT2D eigenvalue weighted by atomic mass is 16.2. The number of hydrogen-bond donors (Lipinski definition) is 2. The number of aromatic amines is 1. The quantitative estimate of drug-likeness (QED) is 0.719. The first kappa shape index (κ1) is 17.4. The number of nitrogens with one attached hydrogen (secondary N) is 2. The van der Waals surface area contributed by atoms with E-state index in [4.69, 9.17) is 0 Å². The van der Waals surface area contributed by atoms with Gasteiger partial charge in [0, 0.05) is 49.2 Å². The molecule has 29 heavy (non-hydrogen) atoms. The van der Waals surface area contributed by atoms with Gasteiger partial charge in [0.2, 0.25) is 0 Å². The molecule has 1 saturated heterocycles. The lowest BCUT2D eigenvalue weighted by Crippen LogP contribution is -2.41. The van der Waals surface area contributed by atoms with E-state index >= 15 is 0 Å². The first-order valence-electron chi connectivity index (χ1n) is 9.62. The van der Waals surface area contributed by atoms with Gasteiger partial charge in [0.1, 0.15) is 6.04 Å². The van der Waals surface area contributed by atoms with E-state index < -0.39 is 0 Å². The number of nitrogens with zero attached hydrogens (tertiary/aromatic N) is 4. The molecule has 2 N–H and O–H groups in total. The molecule has 3 amide bonds. The first-order chi connectivity index (χ1) is 14.2. The third-order valence-electron chi connectivity index (χ3n) is 5.42. The molecule has 1 aromatic carbocycles. The van der Waals surface area contributed by atoms with E-state index in [1.54, 1.807) is 29.6 Å². The second-order valence-electron chi connectivity index (χ2n) is 7.11. The number of pyridine rings is 1. The molecular weight excluding hydrogens is 368 g/mol. The summed E-state index contributed by atoms with van der Waals surface area (Å²) in [5, 5.41) is 2.79. The number of rotatable bonds is 3. The number of hydrogen-bond acceptors (Lipinski definition) is 4. The SMILES string of the molecule is O=C1NCCN1c1cccc(C(=O)N2CCc3[nH]cnc3[C@@H]2c2ccccn2)c1. The minimum atomic E-state index is -0.350. The Hall–Kier alpha value is -3.68. The predicted molar refractivity (Wildman–Crippen MR) is 107 cm³/mol. The van der Waals surface area contributed by atoms with E-state index in [-0.39, 0.29) is 18.0 Å². The summed E-state index contributed by atoms with van der Waals surface area (Å²) in [6.07, 6.45) is 4.10. The molecule has 1 fully saturated rings. The van der Waals surface area contributed by atoms with Crippen molar-refractivity contribution in [1.29, 1.82) is 0 Å². The van der Waals surface area contributed by atoms with Crippen LogP contribution >= 0.6 is 0 Å². The lowest BCUT2D eigenvalue weighted by Gasteiger charge is -2.34. The maximum absolute atomic E-state index is 13.5. The van der Waals surface area contributed by atoms with Gasteiger partial charge in [-0.05, 0) is 30.3 Å². The zero-order valence-corrected chi connectivity index (χ0v) is 15.7. The number of amides is 3. The van der Waals surface area contributed by atoms with Crippen molar-refractivity contribution in [2.24, 2.45) is 0 Å². The molecule has 146 valence electrons. The predicted octanol–water partition coefficient (Wildman–Crippen LogP) is 2.12. The second kappa shape index (κ2) is 7.05. The average molecular weight is 388 g/mol. The van der Waals surface area contributed by atoms with Crippen molar-refractivity contribution < 1.29 is 9.59 Å². The Bertz CT molecular complexity index is 1060. The summed E-state index contributed by atoms with van der Waals surface area (Å²) in [5.74, 6) is -0.101. The highest BCUT2D eigenvalue weighted by Crippen LogP contribution is 2.33. The van der Waals surface area contributed by atoms with Gasteiger partial charge in [-0.2, -0.15) is 0 Å². The Morgan fingerprint density at radius 2 is 2.03 bits per heavy atom. The summed E-state index contributed by atoms with van der Waals surface area (Å²) < 4.78 is 0. The van der Waals surface area contributed by atoms with Gasteiger partial charge < -0.3 is 15.2 Å². The van der Waals surface area contributed by atoms with E-state index in [0.29, 0.717) is 31.6 Å². The van der Waals surface area contributed by atoms with E-state index in [0.717, 1.165) is 22.8 Å². The average Bonchev–Trinajstić information content (AvgIpc) is 3.42. The van der Waals surface area contributed by atoms with Gasteiger partial charge in [0.05, 0.1) is 17.7 Å². The summed E-state index contributed by atoms with van der Waals surface area (Å²) in [5.41, 5.74) is 3.91. The number of benzene rings is 1. The molecule has 0 aliphatic carbocycles. The number of urea groups is 1. The smallest absolute Gasteiger partial charge is 0.321 e. The van der Waals surface area contributed by atoms with Crippen molar-refractivity contribution in [1.82, 2.24) is 25.2 Å². The zero-order valence-electron chi connectivity index (χ0n) is 15.7. The van der Waals surface area contributed by atoms with Crippen LogP contribution in [0.3, 0.4) is 0 Å². The van der Waals surface area contributed by atoms with E-state index in [1.807, 2.05) is 35.2 Å². The van der Waals surface area contributed by atoms with Crippen molar-refractivity contribution >= 4 is 17.6 Å². The lowest BCUT2D eigenvalue weighted by atomic mass is 9.98. The third-order valence-corrected chi connectivity index (χ3v) is 5.42. The van der Waals surface area contributed by atoms with E-state index in [2.05, 4.69) is 20.3 Å². The Labute approximate surface area is 167 Å². The standard InChI is InChI=1S/C21H20N6O2/c28-20(14-4-3-5-15(12-14)26-11-9-23-21(26)29)27-10-7-16-18(25-13-24-16)19(27)17-6-1-2-8-22-17/h1-6,8,12-13,19H,7,9-11H2,(H,23,29)(H,24,25)/t19-/m0/s1. The molecule has 0 spiro atoms. The number of H-pyrrole nitrogens is 1. The molecule has 0 bridgehead atoms. The molecule has 3 aromatic rings. The Balaban J connectivity index is 1.51. The van der Waals surface area contributed by atoms with Crippen LogP contribution in [0.5, 0.6) is 0 Å². The van der Waals surface area contributed by atoms with Crippen molar-refractivity contribution in [3.05, 3.63) is 77.6 Å². The van der Waals surface area contributed by atoms with Crippen LogP contribution in [0.15, 0.2) is 55.0 Å². The zero-order chi connectivity index (χ0) is 19.8. The maximum atomic E-state index is 13.5. The second-order valence-corrected chi connectivity index (χ2v) is 7.11. The minimum Gasteiger partial charge on any atom is -0.348 e. The lowest BCUT2D eigenvalue weighted by molar-refractivity contribution is 0.0687. The molecule has 4 heterocycles. The largest absolute Gasteiger partial charge is 0.348 e. The van der Waals surface area contributed by atoms with Gasteiger partial charge >= 0.3 is 6.03 Å². The fourth-order valence-electron chi connectivity index (χ4n) is 4.02. The molecule has 1 atom stereocenters. The topological polar surface area (TPSA) is 94.2 Å². The molecule has 0 unspecified atom stereocenters. The summed E-state index contributed by atoms with van der Waals surface area (Å²) in [4.78, 5) is 41.1.